The van der Waals surface area contributed by atoms with Crippen molar-refractivity contribution in [3.05, 3.63) is 145 Å². The summed E-state index contributed by atoms with van der Waals surface area (Å²) >= 11 is 0. The van der Waals surface area contributed by atoms with Crippen LogP contribution in [-0.2, 0) is 20.1 Å². The second-order valence-electron chi connectivity index (χ2n) is 8.94. The second kappa shape index (κ2) is 12.0. The van der Waals surface area contributed by atoms with Gasteiger partial charge in [-0.25, -0.2) is 0 Å². The number of para-hydroxylation sites is 1. The molecule has 0 spiro atoms. The molecule has 0 bridgehead atoms. The quantitative estimate of drug-likeness (QED) is 0.175. The summed E-state index contributed by atoms with van der Waals surface area (Å²) in [6.07, 6.45) is 3.71. The number of pyridine rings is 2. The summed E-state index contributed by atoms with van der Waals surface area (Å²) in [7, 11) is 0. The van der Waals surface area contributed by atoms with Gasteiger partial charge in [0.15, 0.2) is 0 Å². The van der Waals surface area contributed by atoms with Crippen LogP contribution in [0.5, 0.6) is 0 Å². The van der Waals surface area contributed by atoms with Crippen LogP contribution in [0.1, 0.15) is 5.56 Å². The molecule has 0 atom stereocenters. The predicted molar refractivity (Wildman–Crippen MR) is 154 cm³/mol. The summed E-state index contributed by atoms with van der Waals surface area (Å²) in [5.74, 6) is 0. The molecular formula is C35H24IrN2O-2. The number of rotatable bonds is 3. The Balaban J connectivity index is 0.000000200. The van der Waals surface area contributed by atoms with Crippen LogP contribution in [0.3, 0.4) is 0 Å². The van der Waals surface area contributed by atoms with Gasteiger partial charge in [-0.3, -0.25) is 0 Å². The van der Waals surface area contributed by atoms with Crippen molar-refractivity contribution in [3.63, 3.8) is 0 Å². The first-order valence-electron chi connectivity index (χ1n) is 12.5. The van der Waals surface area contributed by atoms with E-state index in [1.165, 1.54) is 11.1 Å². The van der Waals surface area contributed by atoms with Crippen molar-refractivity contribution in [3.8, 4) is 33.6 Å². The molecule has 0 N–H and O–H groups in total. The minimum atomic E-state index is 0. The zero-order valence-electron chi connectivity index (χ0n) is 21.3. The molecule has 7 aromatic rings. The smallest absolute Gasteiger partial charge is 0.120 e. The summed E-state index contributed by atoms with van der Waals surface area (Å²) in [5.41, 5.74) is 9.02. The van der Waals surface area contributed by atoms with Crippen LogP contribution in [0.4, 0.5) is 0 Å². The Labute approximate surface area is 241 Å². The van der Waals surface area contributed by atoms with Crippen LogP contribution in [0.25, 0.3) is 55.6 Å². The molecule has 0 aliphatic carbocycles. The number of fused-ring (bicyclic) bond motifs is 3. The van der Waals surface area contributed by atoms with Crippen LogP contribution in [-0.4, -0.2) is 9.97 Å². The van der Waals surface area contributed by atoms with Crippen molar-refractivity contribution in [2.75, 3.05) is 0 Å². The molecule has 7 rings (SSSR count). The van der Waals surface area contributed by atoms with E-state index in [-0.39, 0.29) is 20.1 Å². The zero-order chi connectivity index (χ0) is 25.7. The fourth-order valence-corrected chi connectivity index (χ4v) is 4.54. The molecule has 4 aromatic carbocycles. The third-order valence-electron chi connectivity index (χ3n) is 6.43. The van der Waals surface area contributed by atoms with E-state index in [0.29, 0.717) is 0 Å². The van der Waals surface area contributed by atoms with Gasteiger partial charge in [0, 0.05) is 37.9 Å². The molecule has 0 fully saturated rings. The zero-order valence-corrected chi connectivity index (χ0v) is 23.7. The number of nitrogens with zero attached hydrogens (tertiary/aromatic N) is 2. The predicted octanol–water partition coefficient (Wildman–Crippen LogP) is 8.97. The van der Waals surface area contributed by atoms with E-state index < -0.39 is 0 Å². The fraction of sp³-hybridized carbons (Fsp3) is 0.0286. The monoisotopic (exact) mass is 681 g/mol. The first-order chi connectivity index (χ1) is 18.8. The maximum Gasteiger partial charge on any atom is 0.120 e. The second-order valence-corrected chi connectivity index (χ2v) is 8.94. The van der Waals surface area contributed by atoms with Crippen molar-refractivity contribution in [1.82, 2.24) is 9.97 Å². The first kappa shape index (κ1) is 26.2. The van der Waals surface area contributed by atoms with Crippen LogP contribution < -0.4 is 0 Å². The summed E-state index contributed by atoms with van der Waals surface area (Å²) < 4.78 is 6.14. The first-order valence-corrected chi connectivity index (χ1v) is 12.5. The molecule has 3 heterocycles. The minimum absolute atomic E-state index is 0. The van der Waals surface area contributed by atoms with Crippen molar-refractivity contribution in [1.29, 1.82) is 0 Å². The molecule has 3 aromatic heterocycles. The van der Waals surface area contributed by atoms with Crippen molar-refractivity contribution in [2.45, 2.75) is 6.92 Å². The minimum Gasteiger partial charge on any atom is -0.501 e. The van der Waals surface area contributed by atoms with Crippen LogP contribution in [0.15, 0.2) is 132 Å². The van der Waals surface area contributed by atoms with Gasteiger partial charge in [-0.15, -0.1) is 54.1 Å². The van der Waals surface area contributed by atoms with E-state index >= 15 is 0 Å². The molecule has 39 heavy (non-hydrogen) atoms. The molecule has 0 aliphatic heterocycles. The molecule has 0 saturated heterocycles. The standard InChI is InChI=1S/C24H16NO.C11H8N.Ir/c1-16-15-25-22(14-21(16)17-8-3-2-4-9-17)20-12-7-11-19-18-10-5-6-13-23(18)26-24(19)20;1-2-6-10(7-3-1)11-8-4-5-9-12-11;/h2-11,13-15H,1H3;1-6,8-9H;/q2*-1;. The average Bonchev–Trinajstić information content (AvgIpc) is 3.38. The molecule has 0 aliphatic rings. The van der Waals surface area contributed by atoms with Gasteiger partial charge in [-0.05, 0) is 47.1 Å². The Morgan fingerprint density at radius 1 is 0.667 bits per heavy atom. The van der Waals surface area contributed by atoms with Gasteiger partial charge in [0.1, 0.15) is 5.58 Å². The summed E-state index contributed by atoms with van der Waals surface area (Å²) in [6.45, 7) is 2.09. The summed E-state index contributed by atoms with van der Waals surface area (Å²) in [5, 5.41) is 2.21. The maximum absolute atomic E-state index is 6.14. The van der Waals surface area contributed by atoms with Gasteiger partial charge in [-0.1, -0.05) is 77.7 Å². The van der Waals surface area contributed by atoms with E-state index in [2.05, 4.69) is 71.5 Å². The fourth-order valence-electron chi connectivity index (χ4n) is 4.54. The molecule has 0 saturated carbocycles. The normalized spacial score (nSPS) is 10.5. The Kier molecular flexibility index (Phi) is 8.07. The summed E-state index contributed by atoms with van der Waals surface area (Å²) in [6, 6.07) is 44.8. The van der Waals surface area contributed by atoms with Gasteiger partial charge >= 0.3 is 0 Å². The van der Waals surface area contributed by atoms with Crippen LogP contribution in [0, 0.1) is 19.1 Å². The van der Waals surface area contributed by atoms with Crippen LogP contribution >= 0.6 is 0 Å². The number of benzene rings is 4. The SMILES string of the molecule is Cc1cnc(-c2[c-]ccc3c2oc2ccccc23)cc1-c1ccccc1.[Ir].[c-]1ccccc1-c1ccccn1. The maximum atomic E-state index is 6.14. The molecule has 4 heteroatoms. The van der Waals surface area contributed by atoms with Gasteiger partial charge in [0.25, 0.3) is 0 Å². The van der Waals surface area contributed by atoms with E-state index in [9.17, 15) is 0 Å². The number of hydrogen-bond acceptors (Lipinski definition) is 3. The molecule has 3 nitrogen and oxygen atoms in total. The largest absolute Gasteiger partial charge is 0.501 e. The van der Waals surface area contributed by atoms with Gasteiger partial charge in [0.05, 0.1) is 5.58 Å². The van der Waals surface area contributed by atoms with E-state index in [0.717, 1.165) is 50.0 Å². The van der Waals surface area contributed by atoms with Crippen LogP contribution in [0.2, 0.25) is 0 Å². The molecule has 1 radical (unpaired) electrons. The number of hydrogen-bond donors (Lipinski definition) is 0. The third kappa shape index (κ3) is 5.58. The molecule has 0 unspecified atom stereocenters. The molecule has 191 valence electrons. The Bertz CT molecular complexity index is 1780. The Hall–Kier alpha value is -4.37. The van der Waals surface area contributed by atoms with Gasteiger partial charge in [-0.2, -0.15) is 0 Å². The van der Waals surface area contributed by atoms with Crippen molar-refractivity contribution >= 4 is 21.9 Å². The third-order valence-corrected chi connectivity index (χ3v) is 6.43. The van der Waals surface area contributed by atoms with Crippen molar-refractivity contribution < 1.29 is 24.5 Å². The Morgan fingerprint density at radius 2 is 1.46 bits per heavy atom. The van der Waals surface area contributed by atoms with E-state index in [4.69, 9.17) is 4.42 Å². The number of aromatic nitrogens is 2. The van der Waals surface area contributed by atoms with Crippen molar-refractivity contribution in [2.24, 2.45) is 0 Å². The van der Waals surface area contributed by atoms with Gasteiger partial charge < -0.3 is 14.4 Å². The number of aryl methyl sites for hydroxylation is 1. The number of furan rings is 1. The average molecular weight is 681 g/mol. The molecular weight excluding hydrogens is 657 g/mol. The molecule has 0 amide bonds. The van der Waals surface area contributed by atoms with E-state index in [1.54, 1.807) is 6.20 Å². The Morgan fingerprint density at radius 3 is 2.26 bits per heavy atom. The summed E-state index contributed by atoms with van der Waals surface area (Å²) in [4.78, 5) is 8.88. The van der Waals surface area contributed by atoms with Gasteiger partial charge in [0.2, 0.25) is 0 Å². The van der Waals surface area contributed by atoms with E-state index in [1.807, 2.05) is 79.0 Å². The topological polar surface area (TPSA) is 38.9 Å².